The minimum atomic E-state index is -0.944. The maximum absolute atomic E-state index is 12.0. The second kappa shape index (κ2) is 6.17. The van der Waals surface area contributed by atoms with E-state index in [0.29, 0.717) is 5.82 Å². The molecule has 0 spiro atoms. The fraction of sp³-hybridized carbons (Fsp3) is 0.636. The van der Waals surface area contributed by atoms with E-state index in [1.165, 1.54) is 11.3 Å². The highest BCUT2D eigenvalue weighted by atomic mass is 16.5. The molecule has 2 amide bonds. The number of urea groups is 1. The van der Waals surface area contributed by atoms with Gasteiger partial charge in [-0.05, 0) is 20.8 Å². The van der Waals surface area contributed by atoms with E-state index < -0.39 is 11.5 Å². The quantitative estimate of drug-likeness (QED) is 0.821. The van der Waals surface area contributed by atoms with Crippen molar-refractivity contribution in [1.29, 1.82) is 0 Å². The number of nitrogens with zero attached hydrogens (tertiary/aromatic N) is 3. The standard InChI is InChI=1S/C11H18N4O4/c1-11(2,3)15(5-4-9(16)17)10(18)12-6-8-13-7-19-14-8/h7H,4-6H2,1-3H3,(H,12,18)(H,16,17). The van der Waals surface area contributed by atoms with Crippen LogP contribution in [-0.2, 0) is 11.3 Å². The molecular formula is C11H18N4O4. The summed E-state index contributed by atoms with van der Waals surface area (Å²) in [6.07, 6.45) is 1.07. The smallest absolute Gasteiger partial charge is 0.318 e. The van der Waals surface area contributed by atoms with Gasteiger partial charge in [0, 0.05) is 12.1 Å². The number of carbonyl (C=O) groups excluding carboxylic acids is 1. The Kier molecular flexibility index (Phi) is 4.85. The lowest BCUT2D eigenvalue weighted by Gasteiger charge is -2.35. The first kappa shape index (κ1) is 14.9. The van der Waals surface area contributed by atoms with Crippen molar-refractivity contribution in [3.63, 3.8) is 0 Å². The Morgan fingerprint density at radius 3 is 2.63 bits per heavy atom. The third-order valence-corrected chi connectivity index (χ3v) is 2.41. The van der Waals surface area contributed by atoms with Crippen LogP contribution in [-0.4, -0.2) is 44.2 Å². The van der Waals surface area contributed by atoms with Gasteiger partial charge in [-0.1, -0.05) is 5.16 Å². The van der Waals surface area contributed by atoms with Crippen molar-refractivity contribution in [2.45, 2.75) is 39.3 Å². The molecule has 1 aromatic heterocycles. The molecule has 19 heavy (non-hydrogen) atoms. The molecule has 0 atom stereocenters. The van der Waals surface area contributed by atoms with Crippen LogP contribution in [0, 0.1) is 0 Å². The molecule has 0 saturated heterocycles. The number of hydrogen-bond donors (Lipinski definition) is 2. The van der Waals surface area contributed by atoms with Crippen molar-refractivity contribution in [3.05, 3.63) is 12.2 Å². The number of amides is 2. The second-order valence-corrected chi connectivity index (χ2v) is 4.97. The number of nitrogens with one attached hydrogen (secondary N) is 1. The first-order chi connectivity index (χ1) is 8.80. The Morgan fingerprint density at radius 1 is 1.47 bits per heavy atom. The van der Waals surface area contributed by atoms with Gasteiger partial charge < -0.3 is 19.8 Å². The summed E-state index contributed by atoms with van der Waals surface area (Å²) in [5, 5.41) is 14.9. The van der Waals surface area contributed by atoms with Gasteiger partial charge in [0.15, 0.2) is 5.82 Å². The number of rotatable bonds is 5. The van der Waals surface area contributed by atoms with Crippen LogP contribution in [0.3, 0.4) is 0 Å². The Morgan fingerprint density at radius 2 is 2.16 bits per heavy atom. The zero-order valence-corrected chi connectivity index (χ0v) is 11.2. The summed E-state index contributed by atoms with van der Waals surface area (Å²) in [4.78, 5) is 27.9. The molecule has 106 valence electrons. The van der Waals surface area contributed by atoms with E-state index >= 15 is 0 Å². The zero-order chi connectivity index (χ0) is 14.5. The van der Waals surface area contributed by atoms with Crippen LogP contribution in [0.2, 0.25) is 0 Å². The van der Waals surface area contributed by atoms with Crippen LogP contribution in [0.5, 0.6) is 0 Å². The minimum Gasteiger partial charge on any atom is -0.481 e. The normalized spacial score (nSPS) is 11.1. The van der Waals surface area contributed by atoms with Gasteiger partial charge in [-0.25, -0.2) is 4.79 Å². The van der Waals surface area contributed by atoms with Crippen molar-refractivity contribution in [2.24, 2.45) is 0 Å². The van der Waals surface area contributed by atoms with Crippen molar-refractivity contribution in [2.75, 3.05) is 6.54 Å². The maximum atomic E-state index is 12.0. The molecule has 0 aliphatic carbocycles. The highest BCUT2D eigenvalue weighted by Crippen LogP contribution is 2.14. The molecular weight excluding hydrogens is 252 g/mol. The van der Waals surface area contributed by atoms with Gasteiger partial charge in [-0.3, -0.25) is 4.79 Å². The summed E-state index contributed by atoms with van der Waals surface area (Å²) in [5.74, 6) is -0.583. The fourth-order valence-electron chi connectivity index (χ4n) is 1.47. The summed E-state index contributed by atoms with van der Waals surface area (Å²) < 4.78 is 4.55. The molecule has 0 saturated carbocycles. The summed E-state index contributed by atoms with van der Waals surface area (Å²) in [6, 6.07) is -0.362. The Balaban J connectivity index is 2.58. The summed E-state index contributed by atoms with van der Waals surface area (Å²) >= 11 is 0. The summed E-state index contributed by atoms with van der Waals surface area (Å²) in [7, 11) is 0. The van der Waals surface area contributed by atoms with E-state index in [1.54, 1.807) is 0 Å². The third-order valence-electron chi connectivity index (χ3n) is 2.41. The van der Waals surface area contributed by atoms with E-state index in [4.69, 9.17) is 5.11 Å². The van der Waals surface area contributed by atoms with Crippen LogP contribution < -0.4 is 5.32 Å². The molecule has 0 aliphatic heterocycles. The molecule has 0 unspecified atom stereocenters. The minimum absolute atomic E-state index is 0.104. The number of hydrogen-bond acceptors (Lipinski definition) is 5. The lowest BCUT2D eigenvalue weighted by molar-refractivity contribution is -0.137. The van der Waals surface area contributed by atoms with Crippen molar-refractivity contribution < 1.29 is 19.2 Å². The van der Waals surface area contributed by atoms with Gasteiger partial charge in [-0.2, -0.15) is 4.98 Å². The highest BCUT2D eigenvalue weighted by Gasteiger charge is 2.26. The van der Waals surface area contributed by atoms with Crippen molar-refractivity contribution >= 4 is 12.0 Å². The largest absolute Gasteiger partial charge is 0.481 e. The Hall–Kier alpha value is -2.12. The molecule has 1 aromatic rings. The van der Waals surface area contributed by atoms with Crippen LogP contribution in [0.4, 0.5) is 4.79 Å². The van der Waals surface area contributed by atoms with E-state index in [2.05, 4.69) is 20.0 Å². The molecule has 1 rings (SSSR count). The topological polar surface area (TPSA) is 109 Å². The predicted molar refractivity (Wildman–Crippen MR) is 65.2 cm³/mol. The van der Waals surface area contributed by atoms with Gasteiger partial charge in [0.1, 0.15) is 0 Å². The number of carbonyl (C=O) groups is 2. The number of aromatic nitrogens is 2. The Bertz CT molecular complexity index is 424. The number of carboxylic acid groups (broad SMARTS) is 1. The van der Waals surface area contributed by atoms with Gasteiger partial charge in [0.05, 0.1) is 13.0 Å². The summed E-state index contributed by atoms with van der Waals surface area (Å²) in [5.41, 5.74) is -0.475. The van der Waals surface area contributed by atoms with Crippen LogP contribution in [0.15, 0.2) is 10.9 Å². The van der Waals surface area contributed by atoms with Crippen LogP contribution >= 0.6 is 0 Å². The zero-order valence-electron chi connectivity index (χ0n) is 11.2. The molecule has 8 heteroatoms. The van der Waals surface area contributed by atoms with Crippen molar-refractivity contribution in [1.82, 2.24) is 20.4 Å². The fourth-order valence-corrected chi connectivity index (χ4v) is 1.47. The molecule has 8 nitrogen and oxygen atoms in total. The predicted octanol–water partition coefficient (Wildman–Crippen LogP) is 0.854. The molecule has 0 bridgehead atoms. The second-order valence-electron chi connectivity index (χ2n) is 4.97. The first-order valence-corrected chi connectivity index (χ1v) is 5.83. The Labute approximate surface area is 110 Å². The average molecular weight is 270 g/mol. The summed E-state index contributed by atoms with van der Waals surface area (Å²) in [6.45, 7) is 5.78. The maximum Gasteiger partial charge on any atom is 0.318 e. The third kappa shape index (κ3) is 4.94. The molecule has 0 aliphatic rings. The molecule has 0 aromatic carbocycles. The molecule has 2 N–H and O–H groups in total. The monoisotopic (exact) mass is 270 g/mol. The van der Waals surface area contributed by atoms with Crippen LogP contribution in [0.25, 0.3) is 0 Å². The highest BCUT2D eigenvalue weighted by molar-refractivity contribution is 5.76. The first-order valence-electron chi connectivity index (χ1n) is 5.83. The van der Waals surface area contributed by atoms with Crippen molar-refractivity contribution in [3.8, 4) is 0 Å². The van der Waals surface area contributed by atoms with Crippen LogP contribution in [0.1, 0.15) is 33.0 Å². The number of carboxylic acids is 1. The molecule has 1 heterocycles. The van der Waals surface area contributed by atoms with Gasteiger partial charge in [-0.15, -0.1) is 0 Å². The van der Waals surface area contributed by atoms with E-state index in [9.17, 15) is 9.59 Å². The lowest BCUT2D eigenvalue weighted by Crippen LogP contribution is -2.51. The molecule has 0 radical (unpaired) electrons. The SMILES string of the molecule is CC(C)(C)N(CCC(=O)O)C(=O)NCc1ncon1. The molecule has 0 fully saturated rings. The average Bonchev–Trinajstić information content (AvgIpc) is 2.76. The van der Waals surface area contributed by atoms with E-state index in [1.807, 2.05) is 20.8 Å². The number of aliphatic carboxylic acids is 1. The van der Waals surface area contributed by atoms with Gasteiger partial charge in [0.25, 0.3) is 0 Å². The van der Waals surface area contributed by atoms with Gasteiger partial charge in [0.2, 0.25) is 6.39 Å². The van der Waals surface area contributed by atoms with E-state index in [0.717, 1.165) is 0 Å². The lowest BCUT2D eigenvalue weighted by atomic mass is 10.1. The van der Waals surface area contributed by atoms with E-state index in [-0.39, 0.29) is 25.5 Å². The van der Waals surface area contributed by atoms with Gasteiger partial charge >= 0.3 is 12.0 Å².